The fourth-order valence-electron chi connectivity index (χ4n) is 2.77. The van der Waals surface area contributed by atoms with Crippen molar-refractivity contribution in [2.45, 2.75) is 0 Å². The van der Waals surface area contributed by atoms with E-state index in [9.17, 15) is 10.1 Å². The van der Waals surface area contributed by atoms with Crippen LogP contribution in [0.4, 0.5) is 0 Å². The fraction of sp³-hybridized carbons (Fsp3) is 0. The minimum absolute atomic E-state index is 0.343. The Labute approximate surface area is 155 Å². The van der Waals surface area contributed by atoms with Crippen LogP contribution in [0.2, 0.25) is 0 Å². The highest BCUT2D eigenvalue weighted by Crippen LogP contribution is 2.22. The van der Waals surface area contributed by atoms with Crippen LogP contribution in [-0.2, 0) is 0 Å². The van der Waals surface area contributed by atoms with E-state index in [4.69, 9.17) is 0 Å². The van der Waals surface area contributed by atoms with Crippen LogP contribution in [0.15, 0.2) is 84.0 Å². The molecule has 0 fully saturated rings. The van der Waals surface area contributed by atoms with E-state index in [2.05, 4.69) is 21.1 Å². The second-order valence-electron chi connectivity index (χ2n) is 5.75. The smallest absolute Gasteiger partial charge is 0.267 e. The van der Waals surface area contributed by atoms with Crippen molar-refractivity contribution in [3.05, 3.63) is 95.2 Å². The lowest BCUT2D eigenvalue weighted by Gasteiger charge is -2.11. The molecular weight excluding hydrogens is 338 g/mol. The molecule has 0 amide bonds. The van der Waals surface area contributed by atoms with Gasteiger partial charge in [0.1, 0.15) is 6.07 Å². The molecule has 0 unspecified atom stereocenters. The van der Waals surface area contributed by atoms with Crippen molar-refractivity contribution >= 4 is 0 Å². The summed E-state index contributed by atoms with van der Waals surface area (Å²) in [7, 11) is 0. The number of hydrogen-bond acceptors (Lipinski definition) is 5. The number of aromatic nitrogens is 4. The lowest BCUT2D eigenvalue weighted by molar-refractivity contribution is 0.811. The Morgan fingerprint density at radius 1 is 0.926 bits per heavy atom. The third-order valence-electron chi connectivity index (χ3n) is 4.06. The number of nitriles is 1. The highest BCUT2D eigenvalue weighted by molar-refractivity contribution is 5.67. The predicted molar refractivity (Wildman–Crippen MR) is 101 cm³/mol. The summed E-state index contributed by atoms with van der Waals surface area (Å²) >= 11 is 0. The fourth-order valence-corrected chi connectivity index (χ4v) is 2.77. The van der Waals surface area contributed by atoms with Crippen molar-refractivity contribution in [1.82, 2.24) is 19.7 Å². The zero-order chi connectivity index (χ0) is 18.6. The molecule has 0 aliphatic carbocycles. The Morgan fingerprint density at radius 3 is 2.52 bits per heavy atom. The maximum Gasteiger partial charge on any atom is 0.281 e. The number of nitrogens with zero attached hydrogens (tertiary/aromatic N) is 5. The average Bonchev–Trinajstić information content (AvgIpc) is 2.75. The molecular formula is C21H13N5O. The molecule has 1 aromatic carbocycles. The molecule has 6 heteroatoms. The largest absolute Gasteiger partial charge is 0.281 e. The summed E-state index contributed by atoms with van der Waals surface area (Å²) in [5, 5.41) is 13.9. The van der Waals surface area contributed by atoms with Crippen LogP contribution in [0.1, 0.15) is 5.56 Å². The Kier molecular flexibility index (Phi) is 4.25. The second-order valence-corrected chi connectivity index (χ2v) is 5.75. The Balaban J connectivity index is 2.04. The molecule has 4 rings (SSSR count). The van der Waals surface area contributed by atoms with Gasteiger partial charge in [0.05, 0.1) is 28.2 Å². The molecule has 0 radical (unpaired) electrons. The van der Waals surface area contributed by atoms with Gasteiger partial charge in [-0.05, 0) is 42.5 Å². The molecule has 0 aliphatic heterocycles. The maximum atomic E-state index is 13.2. The molecule has 128 valence electrons. The van der Waals surface area contributed by atoms with Crippen LogP contribution >= 0.6 is 0 Å². The molecule has 27 heavy (non-hydrogen) atoms. The SMILES string of the molecule is N#Cc1ccccc1-n1nc(-c2cccnc2)cc(-c2ccccn2)c1=O. The van der Waals surface area contributed by atoms with Gasteiger partial charge < -0.3 is 0 Å². The average molecular weight is 351 g/mol. The van der Waals surface area contributed by atoms with Crippen LogP contribution in [0.3, 0.4) is 0 Å². The van der Waals surface area contributed by atoms with Gasteiger partial charge in [0.2, 0.25) is 0 Å². The van der Waals surface area contributed by atoms with Crippen molar-refractivity contribution in [2.75, 3.05) is 0 Å². The lowest BCUT2D eigenvalue weighted by atomic mass is 10.1. The van der Waals surface area contributed by atoms with Crippen LogP contribution in [0, 0.1) is 11.3 Å². The monoisotopic (exact) mass is 351 g/mol. The van der Waals surface area contributed by atoms with Crippen LogP contribution in [-0.4, -0.2) is 19.7 Å². The number of rotatable bonds is 3. The third kappa shape index (κ3) is 3.10. The normalized spacial score (nSPS) is 10.3. The first kappa shape index (κ1) is 16.4. The lowest BCUT2D eigenvalue weighted by Crippen LogP contribution is -2.24. The molecule has 0 saturated heterocycles. The van der Waals surface area contributed by atoms with Crippen molar-refractivity contribution in [3.63, 3.8) is 0 Å². The van der Waals surface area contributed by atoms with Gasteiger partial charge in [-0.25, -0.2) is 0 Å². The Bertz CT molecular complexity index is 1190. The number of para-hydroxylation sites is 1. The van der Waals surface area contributed by atoms with Gasteiger partial charge in [-0.15, -0.1) is 0 Å². The highest BCUT2D eigenvalue weighted by atomic mass is 16.1. The van der Waals surface area contributed by atoms with Gasteiger partial charge in [-0.3, -0.25) is 14.8 Å². The van der Waals surface area contributed by atoms with E-state index in [0.717, 1.165) is 5.56 Å². The molecule has 0 atom stereocenters. The molecule has 6 nitrogen and oxygen atoms in total. The van der Waals surface area contributed by atoms with Crippen LogP contribution in [0.25, 0.3) is 28.2 Å². The quantitative estimate of drug-likeness (QED) is 0.566. The zero-order valence-corrected chi connectivity index (χ0v) is 14.1. The Morgan fingerprint density at radius 2 is 1.78 bits per heavy atom. The first-order valence-electron chi connectivity index (χ1n) is 8.23. The van der Waals surface area contributed by atoms with Crippen LogP contribution < -0.4 is 5.56 Å². The first-order valence-corrected chi connectivity index (χ1v) is 8.23. The van der Waals surface area contributed by atoms with E-state index >= 15 is 0 Å². The number of pyridine rings is 2. The minimum Gasteiger partial charge on any atom is -0.267 e. The summed E-state index contributed by atoms with van der Waals surface area (Å²) in [6.45, 7) is 0. The molecule has 3 heterocycles. The highest BCUT2D eigenvalue weighted by Gasteiger charge is 2.15. The molecule has 0 saturated carbocycles. The first-order chi connectivity index (χ1) is 13.3. The summed E-state index contributed by atoms with van der Waals surface area (Å²) in [5.41, 5.74) is 2.71. The van der Waals surface area contributed by atoms with Gasteiger partial charge in [0, 0.05) is 24.2 Å². The Hall–Kier alpha value is -4.11. The summed E-state index contributed by atoms with van der Waals surface area (Å²) < 4.78 is 1.25. The molecule has 0 spiro atoms. The second kappa shape index (κ2) is 7.02. The maximum absolute atomic E-state index is 13.2. The topological polar surface area (TPSA) is 84.5 Å². The van der Waals surface area contributed by atoms with Crippen molar-refractivity contribution in [3.8, 4) is 34.3 Å². The van der Waals surface area contributed by atoms with E-state index in [1.165, 1.54) is 4.68 Å². The van der Waals surface area contributed by atoms with Gasteiger partial charge in [-0.1, -0.05) is 18.2 Å². The van der Waals surface area contributed by atoms with Gasteiger partial charge >= 0.3 is 0 Å². The minimum atomic E-state index is -0.343. The third-order valence-corrected chi connectivity index (χ3v) is 4.06. The van der Waals surface area contributed by atoms with Gasteiger partial charge in [0.15, 0.2) is 0 Å². The molecule has 3 aromatic heterocycles. The van der Waals surface area contributed by atoms with Crippen molar-refractivity contribution in [1.29, 1.82) is 5.26 Å². The summed E-state index contributed by atoms with van der Waals surface area (Å²) in [6.07, 6.45) is 4.98. The summed E-state index contributed by atoms with van der Waals surface area (Å²) in [6, 6.07) is 19.7. The molecule has 0 N–H and O–H groups in total. The van der Waals surface area contributed by atoms with Gasteiger partial charge in [-0.2, -0.15) is 15.0 Å². The standard InChI is InChI=1S/C21H13N5O/c22-13-15-6-1-2-9-20(15)26-21(27)17(18-8-3-4-11-24-18)12-19(25-26)16-7-5-10-23-14-16/h1-12,14H. The van der Waals surface area contributed by atoms with Crippen LogP contribution in [0.5, 0.6) is 0 Å². The molecule has 0 aliphatic rings. The number of benzene rings is 1. The van der Waals surface area contributed by atoms with E-state index in [0.29, 0.717) is 28.2 Å². The van der Waals surface area contributed by atoms with Gasteiger partial charge in [0.25, 0.3) is 5.56 Å². The molecule has 4 aromatic rings. The van der Waals surface area contributed by atoms with Crippen molar-refractivity contribution in [2.24, 2.45) is 0 Å². The van der Waals surface area contributed by atoms with E-state index in [1.54, 1.807) is 67.1 Å². The summed E-state index contributed by atoms with van der Waals surface area (Å²) in [5.74, 6) is 0. The van der Waals surface area contributed by atoms with Crippen molar-refractivity contribution < 1.29 is 0 Å². The predicted octanol–water partition coefficient (Wildman–Crippen LogP) is 3.23. The van der Waals surface area contributed by atoms with E-state index in [1.807, 2.05) is 12.1 Å². The number of hydrogen-bond donors (Lipinski definition) is 0. The van der Waals surface area contributed by atoms with E-state index in [-0.39, 0.29) is 5.56 Å². The zero-order valence-electron chi connectivity index (χ0n) is 14.1. The molecule has 0 bridgehead atoms. The van der Waals surface area contributed by atoms with E-state index < -0.39 is 0 Å². The summed E-state index contributed by atoms with van der Waals surface area (Å²) in [4.78, 5) is 21.6.